The second kappa shape index (κ2) is 10.6. The molecule has 37 heavy (non-hydrogen) atoms. The molecule has 0 bridgehead atoms. The van der Waals surface area contributed by atoms with Gasteiger partial charge in [-0.3, -0.25) is 9.78 Å². The van der Waals surface area contributed by atoms with Gasteiger partial charge in [-0.1, -0.05) is 19.9 Å². The number of pyridine rings is 1. The zero-order chi connectivity index (χ0) is 26.8. The summed E-state index contributed by atoms with van der Waals surface area (Å²) in [4.78, 5) is 18.7. The second-order valence-corrected chi connectivity index (χ2v) is 10.5. The molecule has 4 rings (SSSR count). The highest BCUT2D eigenvalue weighted by molar-refractivity contribution is 7.86. The predicted octanol–water partition coefficient (Wildman–Crippen LogP) is 4.34. The molecular weight excluding hydrogens is 507 g/mol. The van der Waals surface area contributed by atoms with Crippen LogP contribution in [0.1, 0.15) is 29.8 Å². The third-order valence-electron chi connectivity index (χ3n) is 6.36. The van der Waals surface area contributed by atoms with Crippen LogP contribution in [-0.2, 0) is 16.4 Å². The minimum absolute atomic E-state index is 0.194. The van der Waals surface area contributed by atoms with Gasteiger partial charge in [0.15, 0.2) is 0 Å². The Morgan fingerprint density at radius 1 is 1.00 bits per heavy atom. The number of amides is 1. The van der Waals surface area contributed by atoms with Crippen LogP contribution in [0.15, 0.2) is 54.7 Å². The topological polar surface area (TPSA) is 85.9 Å². The summed E-state index contributed by atoms with van der Waals surface area (Å²) >= 11 is 0. The average Bonchev–Trinajstić information content (AvgIpc) is 2.89. The first kappa shape index (κ1) is 26.8. The second-order valence-electron chi connectivity index (χ2n) is 8.57. The monoisotopic (exact) mass is 535 g/mol. The first-order valence-electron chi connectivity index (χ1n) is 11.9. The lowest BCUT2D eigenvalue weighted by molar-refractivity contribution is -0.137. The number of hydrogen-bond donors (Lipinski definition) is 1. The van der Waals surface area contributed by atoms with Gasteiger partial charge in [0.05, 0.1) is 11.1 Å². The molecule has 1 N–H and O–H groups in total. The summed E-state index contributed by atoms with van der Waals surface area (Å²) in [6, 6.07) is 11.8. The Balaban J connectivity index is 1.42. The van der Waals surface area contributed by atoms with Crippen molar-refractivity contribution in [3.8, 4) is 0 Å². The molecule has 8 nitrogen and oxygen atoms in total. The van der Waals surface area contributed by atoms with E-state index in [1.54, 1.807) is 49.1 Å². The molecule has 0 unspecified atom stereocenters. The van der Waals surface area contributed by atoms with Crippen molar-refractivity contribution < 1.29 is 26.4 Å². The maximum absolute atomic E-state index is 13.0. The van der Waals surface area contributed by atoms with Crippen LogP contribution < -0.4 is 5.32 Å². The number of carbonyl (C=O) groups excluding carboxylic acids is 1. The Hall–Kier alpha value is -3.22. The number of hydrogen-bond acceptors (Lipinski definition) is 5. The van der Waals surface area contributed by atoms with Crippen molar-refractivity contribution in [1.82, 2.24) is 18.5 Å². The van der Waals surface area contributed by atoms with Crippen LogP contribution in [0.25, 0.3) is 10.9 Å². The molecule has 0 spiro atoms. The van der Waals surface area contributed by atoms with Crippen LogP contribution in [-0.4, -0.2) is 72.1 Å². The molecule has 0 aliphatic carbocycles. The third kappa shape index (κ3) is 5.71. The smallest absolute Gasteiger partial charge is 0.355 e. The van der Waals surface area contributed by atoms with E-state index in [9.17, 15) is 26.4 Å². The van der Waals surface area contributed by atoms with Gasteiger partial charge >= 0.3 is 6.18 Å². The van der Waals surface area contributed by atoms with Gasteiger partial charge in [-0.05, 0) is 42.5 Å². The molecule has 0 atom stereocenters. The van der Waals surface area contributed by atoms with E-state index in [-0.39, 0.29) is 24.5 Å². The van der Waals surface area contributed by atoms with Gasteiger partial charge in [-0.25, -0.2) is 0 Å². The molecule has 1 aliphatic heterocycles. The maximum Gasteiger partial charge on any atom is 0.416 e. The van der Waals surface area contributed by atoms with Gasteiger partial charge in [0, 0.05) is 67.8 Å². The van der Waals surface area contributed by atoms with E-state index in [2.05, 4.69) is 10.3 Å². The van der Waals surface area contributed by atoms with Crippen molar-refractivity contribution in [2.24, 2.45) is 0 Å². The Morgan fingerprint density at radius 3 is 2.24 bits per heavy atom. The van der Waals surface area contributed by atoms with E-state index in [1.165, 1.54) is 20.9 Å². The van der Waals surface area contributed by atoms with Crippen LogP contribution in [0, 0.1) is 0 Å². The van der Waals surface area contributed by atoms with Gasteiger partial charge in [-0.15, -0.1) is 0 Å². The standard InChI is InChI=1S/C25H28F3N5O3S/c1-3-32(4-2)37(35,36)33-15-13-31(14-16-33)24(34)18-5-8-20(9-6-18)30-22-11-12-29-23-17-19(25(26,27)28)7-10-21(22)23/h5-12,17H,3-4,13-16H2,1-2H3,(H,29,30). The summed E-state index contributed by atoms with van der Waals surface area (Å²) in [5.74, 6) is -0.194. The van der Waals surface area contributed by atoms with Gasteiger partial charge < -0.3 is 10.2 Å². The molecule has 3 aromatic rings. The molecule has 0 saturated carbocycles. The number of aromatic nitrogens is 1. The number of anilines is 2. The third-order valence-corrected chi connectivity index (χ3v) is 8.55. The lowest BCUT2D eigenvalue weighted by Crippen LogP contribution is -2.54. The highest BCUT2D eigenvalue weighted by Crippen LogP contribution is 2.33. The van der Waals surface area contributed by atoms with E-state index >= 15 is 0 Å². The fourth-order valence-corrected chi connectivity index (χ4v) is 5.91. The highest BCUT2D eigenvalue weighted by Gasteiger charge is 2.32. The number of benzene rings is 2. The fraction of sp³-hybridized carbons (Fsp3) is 0.360. The highest BCUT2D eigenvalue weighted by atomic mass is 32.2. The van der Waals surface area contributed by atoms with Crippen LogP contribution >= 0.6 is 0 Å². The van der Waals surface area contributed by atoms with Crippen molar-refractivity contribution in [2.75, 3.05) is 44.6 Å². The number of piperazine rings is 1. The van der Waals surface area contributed by atoms with E-state index in [0.29, 0.717) is 48.5 Å². The largest absolute Gasteiger partial charge is 0.416 e. The number of alkyl halides is 3. The number of nitrogens with zero attached hydrogens (tertiary/aromatic N) is 4. The normalized spacial score (nSPS) is 15.4. The zero-order valence-electron chi connectivity index (χ0n) is 20.5. The van der Waals surface area contributed by atoms with Crippen LogP contribution in [0.4, 0.5) is 24.5 Å². The minimum atomic E-state index is -4.45. The average molecular weight is 536 g/mol. The minimum Gasteiger partial charge on any atom is -0.355 e. The predicted molar refractivity (Wildman–Crippen MR) is 136 cm³/mol. The molecule has 1 aromatic heterocycles. The first-order valence-corrected chi connectivity index (χ1v) is 13.3. The van der Waals surface area contributed by atoms with E-state index in [4.69, 9.17) is 0 Å². The lowest BCUT2D eigenvalue weighted by atomic mass is 10.1. The van der Waals surface area contributed by atoms with Gasteiger partial charge in [0.2, 0.25) is 0 Å². The molecule has 2 heterocycles. The van der Waals surface area contributed by atoms with Gasteiger partial charge in [0.25, 0.3) is 16.1 Å². The van der Waals surface area contributed by atoms with Crippen molar-refractivity contribution in [2.45, 2.75) is 20.0 Å². The molecule has 1 aliphatic rings. The lowest BCUT2D eigenvalue weighted by Gasteiger charge is -2.36. The molecule has 12 heteroatoms. The van der Waals surface area contributed by atoms with Crippen molar-refractivity contribution in [3.63, 3.8) is 0 Å². The number of rotatable bonds is 7. The van der Waals surface area contributed by atoms with Crippen molar-refractivity contribution >= 4 is 38.4 Å². The van der Waals surface area contributed by atoms with E-state index < -0.39 is 21.9 Å². The Bertz CT molecular complexity index is 1370. The fourth-order valence-electron chi connectivity index (χ4n) is 4.30. The summed E-state index contributed by atoms with van der Waals surface area (Å²) in [6.07, 6.45) is -3.02. The Kier molecular flexibility index (Phi) is 7.72. The summed E-state index contributed by atoms with van der Waals surface area (Å²) in [6.45, 7) is 5.42. The van der Waals surface area contributed by atoms with Gasteiger partial charge in [-0.2, -0.15) is 30.2 Å². The van der Waals surface area contributed by atoms with E-state index in [1.807, 2.05) is 0 Å². The maximum atomic E-state index is 13.0. The SMILES string of the molecule is CCN(CC)S(=O)(=O)N1CCN(C(=O)c2ccc(Nc3ccnc4cc(C(F)(F)F)ccc34)cc2)CC1. The van der Waals surface area contributed by atoms with Crippen LogP contribution in [0.3, 0.4) is 0 Å². The molecule has 1 saturated heterocycles. The van der Waals surface area contributed by atoms with Gasteiger partial charge in [0.1, 0.15) is 0 Å². The summed E-state index contributed by atoms with van der Waals surface area (Å²) in [5, 5.41) is 3.71. The summed E-state index contributed by atoms with van der Waals surface area (Å²) in [5.41, 5.74) is 1.15. The van der Waals surface area contributed by atoms with Crippen LogP contribution in [0.2, 0.25) is 0 Å². The van der Waals surface area contributed by atoms with Crippen molar-refractivity contribution in [3.05, 3.63) is 65.9 Å². The Labute approximate surface area is 213 Å². The number of halogens is 3. The zero-order valence-corrected chi connectivity index (χ0v) is 21.3. The van der Waals surface area contributed by atoms with Crippen LogP contribution in [0.5, 0.6) is 0 Å². The van der Waals surface area contributed by atoms with E-state index in [0.717, 1.165) is 12.1 Å². The van der Waals surface area contributed by atoms with Crippen molar-refractivity contribution in [1.29, 1.82) is 0 Å². The summed E-state index contributed by atoms with van der Waals surface area (Å²) < 4.78 is 67.3. The Morgan fingerprint density at radius 2 is 1.65 bits per heavy atom. The molecule has 1 fully saturated rings. The molecule has 2 aromatic carbocycles. The number of fused-ring (bicyclic) bond motifs is 1. The molecule has 1 amide bonds. The number of nitrogens with one attached hydrogen (secondary N) is 1. The number of carbonyl (C=O) groups is 1. The quantitative estimate of drug-likeness (QED) is 0.487. The first-order chi connectivity index (χ1) is 17.5. The molecule has 198 valence electrons. The summed E-state index contributed by atoms with van der Waals surface area (Å²) in [7, 11) is -3.54. The molecular formula is C25H28F3N5O3S. The molecule has 0 radical (unpaired) electrons.